The van der Waals surface area contributed by atoms with Crippen molar-refractivity contribution in [3.63, 3.8) is 0 Å². The lowest BCUT2D eigenvalue weighted by Gasteiger charge is -2.17. The monoisotopic (exact) mass is 241 g/mol. The molecule has 0 aliphatic heterocycles. The minimum Gasteiger partial charge on any atom is -0.394 e. The molecule has 0 aliphatic rings. The topological polar surface area (TPSA) is 49.3 Å². The Balaban J connectivity index is 2.59. The highest BCUT2D eigenvalue weighted by Crippen LogP contribution is 2.15. The number of hydrogen-bond acceptors (Lipinski definition) is 3. The molecular formula is C12H19NO2S. The van der Waals surface area contributed by atoms with Gasteiger partial charge in [0, 0.05) is 0 Å². The van der Waals surface area contributed by atoms with Gasteiger partial charge in [0.05, 0.1) is 17.5 Å². The minimum atomic E-state index is -0.144. The molecule has 3 nitrogen and oxygen atoms in total. The Labute approximate surface area is 100 Å². The van der Waals surface area contributed by atoms with E-state index in [0.29, 0.717) is 5.92 Å². The van der Waals surface area contributed by atoms with Crippen LogP contribution in [0.4, 0.5) is 0 Å². The summed E-state index contributed by atoms with van der Waals surface area (Å²) in [4.78, 5) is 12.6. The summed E-state index contributed by atoms with van der Waals surface area (Å²) in [6.07, 6.45) is 0.798. The van der Waals surface area contributed by atoms with Crippen molar-refractivity contribution in [3.05, 3.63) is 21.9 Å². The molecule has 1 rings (SSSR count). The molecule has 1 aromatic rings. The molecule has 4 heteroatoms. The van der Waals surface area contributed by atoms with Crippen LogP contribution < -0.4 is 5.32 Å². The third-order valence-electron chi connectivity index (χ3n) is 2.38. The fourth-order valence-corrected chi connectivity index (χ4v) is 2.43. The van der Waals surface area contributed by atoms with Crippen LogP contribution in [0.3, 0.4) is 0 Å². The summed E-state index contributed by atoms with van der Waals surface area (Å²) in [5.74, 6) is 0.383. The van der Waals surface area contributed by atoms with E-state index in [0.717, 1.165) is 16.9 Å². The van der Waals surface area contributed by atoms with Crippen LogP contribution in [-0.2, 0) is 0 Å². The fourth-order valence-electron chi connectivity index (χ4n) is 1.60. The van der Waals surface area contributed by atoms with Gasteiger partial charge >= 0.3 is 0 Å². The van der Waals surface area contributed by atoms with Crippen LogP contribution in [0.1, 0.15) is 35.5 Å². The van der Waals surface area contributed by atoms with Crippen molar-refractivity contribution in [1.29, 1.82) is 0 Å². The first-order valence-electron chi connectivity index (χ1n) is 5.50. The van der Waals surface area contributed by atoms with Gasteiger partial charge in [-0.1, -0.05) is 13.8 Å². The van der Waals surface area contributed by atoms with E-state index in [1.165, 1.54) is 11.3 Å². The van der Waals surface area contributed by atoms with Gasteiger partial charge in [0.1, 0.15) is 0 Å². The zero-order valence-electron chi connectivity index (χ0n) is 9.99. The Morgan fingerprint density at radius 1 is 1.56 bits per heavy atom. The number of carbonyl (C=O) groups excluding carboxylic acids is 1. The molecular weight excluding hydrogens is 222 g/mol. The molecule has 0 saturated heterocycles. The lowest BCUT2D eigenvalue weighted by molar-refractivity contribution is 0.0912. The highest BCUT2D eigenvalue weighted by atomic mass is 32.1. The van der Waals surface area contributed by atoms with E-state index in [1.54, 1.807) is 0 Å². The van der Waals surface area contributed by atoms with E-state index < -0.39 is 0 Å². The average Bonchev–Trinajstić information content (AvgIpc) is 2.62. The zero-order chi connectivity index (χ0) is 12.1. The number of amides is 1. The Morgan fingerprint density at radius 3 is 2.69 bits per heavy atom. The number of thiophene rings is 1. The minimum absolute atomic E-state index is 0.00561. The number of carbonyl (C=O) groups is 1. The second-order valence-corrected chi connectivity index (χ2v) is 5.33. The molecule has 0 spiro atoms. The van der Waals surface area contributed by atoms with E-state index in [1.807, 2.05) is 18.4 Å². The molecule has 0 aromatic carbocycles. The summed E-state index contributed by atoms with van der Waals surface area (Å²) >= 11 is 1.44. The van der Waals surface area contributed by atoms with Crippen LogP contribution in [0.2, 0.25) is 0 Å². The standard InChI is InChI=1S/C12H19NO2S/c1-8(2)6-10(7-14)13-12(15)11-9(3)4-5-16-11/h4-5,8,10,14H,6-7H2,1-3H3,(H,13,15). The number of nitrogens with one attached hydrogen (secondary N) is 1. The van der Waals surface area contributed by atoms with Crippen molar-refractivity contribution in [2.75, 3.05) is 6.61 Å². The van der Waals surface area contributed by atoms with Crippen molar-refractivity contribution in [2.24, 2.45) is 5.92 Å². The van der Waals surface area contributed by atoms with Gasteiger partial charge in [0.25, 0.3) is 5.91 Å². The second-order valence-electron chi connectivity index (χ2n) is 4.42. The van der Waals surface area contributed by atoms with Gasteiger partial charge in [0.15, 0.2) is 0 Å². The van der Waals surface area contributed by atoms with Crippen molar-refractivity contribution in [2.45, 2.75) is 33.2 Å². The van der Waals surface area contributed by atoms with E-state index >= 15 is 0 Å². The van der Waals surface area contributed by atoms with Gasteiger partial charge in [-0.05, 0) is 36.3 Å². The molecule has 0 aliphatic carbocycles. The van der Waals surface area contributed by atoms with Crippen LogP contribution >= 0.6 is 11.3 Å². The molecule has 0 radical (unpaired) electrons. The first-order valence-corrected chi connectivity index (χ1v) is 6.38. The SMILES string of the molecule is Cc1ccsc1C(=O)NC(CO)CC(C)C. The maximum atomic E-state index is 11.9. The van der Waals surface area contributed by atoms with E-state index in [4.69, 9.17) is 0 Å². The van der Waals surface area contributed by atoms with E-state index in [9.17, 15) is 9.90 Å². The largest absolute Gasteiger partial charge is 0.394 e. The van der Waals surface area contributed by atoms with Crippen LogP contribution in [-0.4, -0.2) is 23.7 Å². The molecule has 16 heavy (non-hydrogen) atoms. The average molecular weight is 241 g/mol. The third kappa shape index (κ3) is 3.61. The summed E-state index contributed by atoms with van der Waals surface area (Å²) in [7, 11) is 0. The molecule has 0 fully saturated rings. The van der Waals surface area contributed by atoms with Crippen molar-refractivity contribution in [3.8, 4) is 0 Å². The van der Waals surface area contributed by atoms with Gasteiger partial charge in [-0.25, -0.2) is 0 Å². The lowest BCUT2D eigenvalue weighted by Crippen LogP contribution is -2.38. The third-order valence-corrected chi connectivity index (χ3v) is 3.40. The Morgan fingerprint density at radius 2 is 2.25 bits per heavy atom. The normalized spacial score (nSPS) is 12.8. The molecule has 2 N–H and O–H groups in total. The number of aryl methyl sites for hydroxylation is 1. The molecule has 0 bridgehead atoms. The lowest BCUT2D eigenvalue weighted by atomic mass is 10.0. The predicted molar refractivity (Wildman–Crippen MR) is 66.9 cm³/mol. The number of rotatable bonds is 5. The summed E-state index contributed by atoms with van der Waals surface area (Å²) in [6.45, 7) is 6.06. The van der Waals surface area contributed by atoms with Crippen molar-refractivity contribution >= 4 is 17.2 Å². The van der Waals surface area contributed by atoms with Crippen LogP contribution in [0.5, 0.6) is 0 Å². The molecule has 90 valence electrons. The Hall–Kier alpha value is -0.870. The van der Waals surface area contributed by atoms with Crippen molar-refractivity contribution < 1.29 is 9.90 Å². The fraction of sp³-hybridized carbons (Fsp3) is 0.583. The maximum absolute atomic E-state index is 11.9. The number of aliphatic hydroxyl groups is 1. The summed E-state index contributed by atoms with van der Waals surface area (Å²) in [5.41, 5.74) is 0.990. The number of hydrogen-bond donors (Lipinski definition) is 2. The Kier molecular flexibility index (Phi) is 4.96. The smallest absolute Gasteiger partial charge is 0.261 e. The Bertz CT molecular complexity index is 347. The molecule has 1 heterocycles. The highest BCUT2D eigenvalue weighted by molar-refractivity contribution is 7.12. The van der Waals surface area contributed by atoms with Gasteiger partial charge in [-0.3, -0.25) is 4.79 Å². The summed E-state index contributed by atoms with van der Waals surface area (Å²) in [5, 5.41) is 13.9. The first-order chi connectivity index (χ1) is 7.54. The van der Waals surface area contributed by atoms with Gasteiger partial charge < -0.3 is 10.4 Å². The maximum Gasteiger partial charge on any atom is 0.261 e. The summed E-state index contributed by atoms with van der Waals surface area (Å²) in [6, 6.07) is 1.78. The quantitative estimate of drug-likeness (QED) is 0.830. The van der Waals surface area contributed by atoms with Crippen LogP contribution in [0, 0.1) is 12.8 Å². The van der Waals surface area contributed by atoms with Crippen LogP contribution in [0.15, 0.2) is 11.4 Å². The molecule has 1 amide bonds. The van der Waals surface area contributed by atoms with Gasteiger partial charge in [0.2, 0.25) is 0 Å². The summed E-state index contributed by atoms with van der Waals surface area (Å²) < 4.78 is 0. The second kappa shape index (κ2) is 6.01. The van der Waals surface area contributed by atoms with E-state index in [2.05, 4.69) is 19.2 Å². The van der Waals surface area contributed by atoms with Crippen molar-refractivity contribution in [1.82, 2.24) is 5.32 Å². The van der Waals surface area contributed by atoms with E-state index in [-0.39, 0.29) is 18.6 Å². The van der Waals surface area contributed by atoms with Crippen LogP contribution in [0.25, 0.3) is 0 Å². The molecule has 1 unspecified atom stereocenters. The van der Waals surface area contributed by atoms with Gasteiger partial charge in [-0.2, -0.15) is 0 Å². The van der Waals surface area contributed by atoms with Gasteiger partial charge in [-0.15, -0.1) is 11.3 Å². The first kappa shape index (κ1) is 13.2. The highest BCUT2D eigenvalue weighted by Gasteiger charge is 2.16. The predicted octanol–water partition coefficient (Wildman–Crippen LogP) is 2.19. The molecule has 1 aromatic heterocycles. The zero-order valence-corrected chi connectivity index (χ0v) is 10.8. The molecule has 0 saturated carbocycles. The number of aliphatic hydroxyl groups excluding tert-OH is 1. The molecule has 1 atom stereocenters.